The van der Waals surface area contributed by atoms with Gasteiger partial charge in [0.2, 0.25) is 0 Å². The molecule has 0 rings (SSSR count). The average Bonchev–Trinajstić information content (AvgIpc) is 1.36. The van der Waals surface area contributed by atoms with Crippen molar-refractivity contribution in [3.05, 3.63) is 0 Å². The minimum absolute atomic E-state index is 0. The zero-order valence-electron chi connectivity index (χ0n) is 3.58. The molecule has 1 N–H and O–H groups in total. The third kappa shape index (κ3) is 9.15. The Morgan fingerprint density at radius 1 is 1.00 bits per heavy atom. The van der Waals surface area contributed by atoms with Crippen molar-refractivity contribution in [2.24, 2.45) is 0 Å². The maximum Gasteiger partial charge on any atom is 3.00 e. The minimum Gasteiger partial charge on any atom is -0.870 e. The summed E-state index contributed by atoms with van der Waals surface area (Å²) in [6, 6.07) is 0. The summed E-state index contributed by atoms with van der Waals surface area (Å²) in [6.45, 7) is 0. The van der Waals surface area contributed by atoms with Crippen LogP contribution in [0.2, 0.25) is 0 Å². The van der Waals surface area contributed by atoms with Gasteiger partial charge in [0, 0.05) is 0 Å². The van der Waals surface area contributed by atoms with Crippen LogP contribution in [0.25, 0.3) is 0 Å². The first kappa shape index (κ1) is 15.6. The molecule has 0 amide bonds. The molecule has 0 heterocycles. The van der Waals surface area contributed by atoms with Crippen LogP contribution < -0.4 is 10.2 Å². The second kappa shape index (κ2) is 6.61. The van der Waals surface area contributed by atoms with E-state index < -0.39 is 11.9 Å². The number of carboxylic acid groups (broad SMARTS) is 2. The van der Waals surface area contributed by atoms with Crippen molar-refractivity contribution in [3.8, 4) is 0 Å². The fourth-order valence-electron chi connectivity index (χ4n) is 0. The van der Waals surface area contributed by atoms with Gasteiger partial charge in [-0.05, 0) is 0 Å². The Labute approximate surface area is 59.5 Å². The summed E-state index contributed by atoms with van der Waals surface area (Å²) in [5, 5.41) is 17.9. The molecule has 0 saturated heterocycles. The van der Waals surface area contributed by atoms with Crippen LogP contribution in [-0.2, 0) is 31.3 Å². The van der Waals surface area contributed by atoms with Gasteiger partial charge in [0.05, 0.1) is 11.9 Å². The van der Waals surface area contributed by atoms with Gasteiger partial charge < -0.3 is 25.3 Å². The number of carbonyl (C=O) groups excluding carboxylic acids is 2. The van der Waals surface area contributed by atoms with Gasteiger partial charge in [-0.1, -0.05) is 0 Å². The van der Waals surface area contributed by atoms with Gasteiger partial charge in [0.25, 0.3) is 0 Å². The molecule has 0 saturated carbocycles. The number of carbonyl (C=O) groups is 2. The van der Waals surface area contributed by atoms with Crippen LogP contribution in [0.4, 0.5) is 0 Å². The molecular weight excluding hydrogens is 152 g/mol. The van der Waals surface area contributed by atoms with Crippen LogP contribution in [0, 0.1) is 0 Å². The summed E-state index contributed by atoms with van der Waals surface area (Å²) in [4.78, 5) is 17.9. The Balaban J connectivity index is -0.000000125. The third-order valence-electron chi connectivity index (χ3n) is 0.167. The topological polar surface area (TPSA) is 110 Å². The summed E-state index contributed by atoms with van der Waals surface area (Å²) >= 11 is 0. The fourth-order valence-corrected chi connectivity index (χ4v) is 0. The first-order valence-corrected chi connectivity index (χ1v) is 1.07. The molecule has 0 fully saturated rings. The predicted molar refractivity (Wildman–Crippen MR) is 11.9 cm³/mol. The van der Waals surface area contributed by atoms with Gasteiger partial charge in [-0.25, -0.2) is 0 Å². The molecule has 43 valence electrons. The van der Waals surface area contributed by atoms with E-state index in [0.717, 1.165) is 0 Å². The Hall–Kier alpha value is -0.386. The van der Waals surface area contributed by atoms with E-state index in [1.165, 1.54) is 0 Å². The number of hydrogen-bond acceptors (Lipinski definition) is 5. The van der Waals surface area contributed by atoms with E-state index in [4.69, 9.17) is 19.8 Å². The quantitative estimate of drug-likeness (QED) is 0.262. The maximum absolute atomic E-state index is 8.93. The van der Waals surface area contributed by atoms with Crippen molar-refractivity contribution in [1.82, 2.24) is 0 Å². The van der Waals surface area contributed by atoms with Crippen LogP contribution in [0.5, 0.6) is 0 Å². The van der Waals surface area contributed by atoms with Crippen molar-refractivity contribution in [2.75, 3.05) is 0 Å². The first-order valence-electron chi connectivity index (χ1n) is 1.07. The van der Waals surface area contributed by atoms with Gasteiger partial charge >= 0.3 is 21.7 Å². The third-order valence-corrected chi connectivity index (χ3v) is 0.167. The Morgan fingerprint density at radius 3 is 1.12 bits per heavy atom. The van der Waals surface area contributed by atoms with Gasteiger partial charge in [0.15, 0.2) is 0 Å². The van der Waals surface area contributed by atoms with Gasteiger partial charge in [0.1, 0.15) is 0 Å². The molecule has 0 spiro atoms. The van der Waals surface area contributed by atoms with E-state index in [2.05, 4.69) is 0 Å². The van der Waals surface area contributed by atoms with E-state index in [0.29, 0.717) is 0 Å². The predicted octanol–water partition coefficient (Wildman–Crippen LogP) is -3.69. The van der Waals surface area contributed by atoms with Gasteiger partial charge in [-0.3, -0.25) is 0 Å². The summed E-state index contributed by atoms with van der Waals surface area (Å²) in [7, 11) is 0. The SMILES string of the molecule is O=C([O-])C(=O)[O-].[OH-].[Ti+3]. The Kier molecular flexibility index (Phi) is 12.9. The first-order chi connectivity index (χ1) is 2.64. The number of rotatable bonds is 0. The molecule has 8 heavy (non-hydrogen) atoms. The van der Waals surface area contributed by atoms with Gasteiger partial charge in [-0.15, -0.1) is 0 Å². The molecule has 0 aromatic carbocycles. The molecule has 0 atom stereocenters. The normalized spacial score (nSPS) is 5.50. The van der Waals surface area contributed by atoms with E-state index in [-0.39, 0.29) is 27.2 Å². The average molecular weight is 153 g/mol. The Bertz CT molecular complexity index is 76.4. The van der Waals surface area contributed by atoms with E-state index in [9.17, 15) is 0 Å². The van der Waals surface area contributed by atoms with Crippen molar-refractivity contribution in [1.29, 1.82) is 0 Å². The number of hydrogen-bond donors (Lipinski definition) is 0. The molecule has 0 aromatic rings. The zero-order valence-corrected chi connectivity index (χ0v) is 5.14. The van der Waals surface area contributed by atoms with Crippen molar-refractivity contribution in [3.63, 3.8) is 0 Å². The number of carboxylic acids is 2. The molecule has 0 aliphatic rings. The molecule has 0 unspecified atom stereocenters. The smallest absolute Gasteiger partial charge is 0.870 e. The fraction of sp³-hybridized carbons (Fsp3) is 0. The zero-order chi connectivity index (χ0) is 5.15. The molecule has 5 nitrogen and oxygen atoms in total. The minimum atomic E-state index is -2.19. The van der Waals surface area contributed by atoms with Crippen molar-refractivity contribution < 1.29 is 47.0 Å². The molecular formula is C2HO5Ti. The summed E-state index contributed by atoms with van der Waals surface area (Å²) in [5.74, 6) is -4.37. The van der Waals surface area contributed by atoms with Crippen LogP contribution in [0.1, 0.15) is 0 Å². The van der Waals surface area contributed by atoms with Crippen LogP contribution >= 0.6 is 0 Å². The summed E-state index contributed by atoms with van der Waals surface area (Å²) in [5.41, 5.74) is 0. The molecule has 0 aromatic heterocycles. The summed E-state index contributed by atoms with van der Waals surface area (Å²) < 4.78 is 0. The summed E-state index contributed by atoms with van der Waals surface area (Å²) in [6.07, 6.45) is 0. The van der Waals surface area contributed by atoms with Crippen molar-refractivity contribution >= 4 is 11.9 Å². The molecule has 0 bridgehead atoms. The molecule has 6 heteroatoms. The second-order valence-electron chi connectivity index (χ2n) is 0.575. The van der Waals surface area contributed by atoms with Crippen LogP contribution in [0.3, 0.4) is 0 Å². The monoisotopic (exact) mass is 153 g/mol. The van der Waals surface area contributed by atoms with Crippen LogP contribution in [-0.4, -0.2) is 17.4 Å². The van der Waals surface area contributed by atoms with Crippen LogP contribution in [0.15, 0.2) is 0 Å². The van der Waals surface area contributed by atoms with E-state index in [1.54, 1.807) is 0 Å². The largest absolute Gasteiger partial charge is 3.00 e. The van der Waals surface area contributed by atoms with Gasteiger partial charge in [-0.2, -0.15) is 0 Å². The second-order valence-corrected chi connectivity index (χ2v) is 0.575. The van der Waals surface area contributed by atoms with Crippen molar-refractivity contribution in [2.45, 2.75) is 0 Å². The number of aliphatic carboxylic acids is 2. The Morgan fingerprint density at radius 2 is 1.12 bits per heavy atom. The molecule has 1 radical (unpaired) electrons. The molecule has 0 aliphatic carbocycles. The molecule has 0 aliphatic heterocycles. The maximum atomic E-state index is 8.93. The van der Waals surface area contributed by atoms with E-state index >= 15 is 0 Å². The standard InChI is InChI=1S/C2H2O4.H2O.Ti/c3-1(4)2(5)6;;/h(H,3,4)(H,5,6);1H2;/q;;+3/p-3. The van der Waals surface area contributed by atoms with E-state index in [1.807, 2.05) is 0 Å².